The Labute approximate surface area is 167 Å². The number of ether oxygens (including phenoxy) is 2. The van der Waals surface area contributed by atoms with Gasteiger partial charge in [0.1, 0.15) is 17.2 Å². The van der Waals surface area contributed by atoms with Crippen molar-refractivity contribution in [3.63, 3.8) is 0 Å². The predicted octanol–water partition coefficient (Wildman–Crippen LogP) is 2.57. The molecule has 0 saturated carbocycles. The Kier molecular flexibility index (Phi) is 7.50. The Hall–Kier alpha value is -2.74. The van der Waals surface area contributed by atoms with Gasteiger partial charge in [0, 0.05) is 29.7 Å². The van der Waals surface area contributed by atoms with Gasteiger partial charge in [-0.25, -0.2) is 0 Å². The van der Waals surface area contributed by atoms with Crippen molar-refractivity contribution in [3.05, 3.63) is 41.5 Å². The van der Waals surface area contributed by atoms with Gasteiger partial charge < -0.3 is 34.6 Å². The molecule has 0 heterocycles. The molecule has 2 aromatic carbocycles. The van der Waals surface area contributed by atoms with Gasteiger partial charge in [-0.2, -0.15) is 0 Å². The van der Waals surface area contributed by atoms with Crippen molar-refractivity contribution < 1.29 is 43.9 Å². The van der Waals surface area contributed by atoms with Crippen LogP contribution >= 0.6 is 7.60 Å². The lowest BCUT2D eigenvalue weighted by Gasteiger charge is -2.12. The van der Waals surface area contributed by atoms with E-state index in [2.05, 4.69) is 0 Å². The Bertz CT molecular complexity index is 897. The van der Waals surface area contributed by atoms with Crippen LogP contribution in [0.1, 0.15) is 28.8 Å². The molecule has 2 aromatic rings. The maximum Gasteiger partial charge on any atom is 0.325 e. The van der Waals surface area contributed by atoms with Crippen molar-refractivity contribution in [3.8, 4) is 28.7 Å². The summed E-state index contributed by atoms with van der Waals surface area (Å²) in [6, 6.07) is 6.78. The van der Waals surface area contributed by atoms with Crippen molar-refractivity contribution in [2.75, 3.05) is 19.9 Å². The first-order valence-corrected chi connectivity index (χ1v) is 10.5. The monoisotopic (exact) mass is 426 g/mol. The Balaban J connectivity index is 1.98. The van der Waals surface area contributed by atoms with E-state index >= 15 is 0 Å². The molecule has 0 spiro atoms. The molecule has 0 aromatic heterocycles. The first-order valence-electron chi connectivity index (χ1n) is 8.73. The molecule has 0 unspecified atom stereocenters. The number of phenols is 3. The number of benzene rings is 2. The molecule has 10 heteroatoms. The largest absolute Gasteiger partial charge is 0.507 e. The second kappa shape index (κ2) is 9.65. The van der Waals surface area contributed by atoms with Crippen molar-refractivity contribution in [2.45, 2.75) is 19.3 Å². The van der Waals surface area contributed by atoms with Crippen LogP contribution in [-0.2, 0) is 11.0 Å². The Morgan fingerprint density at radius 1 is 1.03 bits per heavy atom. The third kappa shape index (κ3) is 6.67. The fourth-order valence-electron chi connectivity index (χ4n) is 2.66. The molecule has 5 N–H and O–H groups in total. The minimum absolute atomic E-state index is 0.00276. The molecule has 0 aliphatic carbocycles. The lowest BCUT2D eigenvalue weighted by molar-refractivity contribution is 0.0982. The number of Topliss-reactive ketones (excluding diaryl/α,β-unsaturated/α-hetero) is 1. The van der Waals surface area contributed by atoms with Crippen molar-refractivity contribution >= 4 is 13.4 Å². The van der Waals surface area contributed by atoms with Gasteiger partial charge in [-0.3, -0.25) is 9.36 Å². The molecular weight excluding hydrogens is 403 g/mol. The predicted molar refractivity (Wildman–Crippen MR) is 104 cm³/mol. The maximum atomic E-state index is 12.3. The summed E-state index contributed by atoms with van der Waals surface area (Å²) in [5.74, 6) is -0.598. The summed E-state index contributed by atoms with van der Waals surface area (Å²) in [5.41, 5.74) is 0.436. The summed E-state index contributed by atoms with van der Waals surface area (Å²) < 4.78 is 21.0. The van der Waals surface area contributed by atoms with E-state index in [0.29, 0.717) is 0 Å². The van der Waals surface area contributed by atoms with Gasteiger partial charge in [-0.15, -0.1) is 0 Å². The molecule has 0 saturated heterocycles. The van der Waals surface area contributed by atoms with Crippen LogP contribution in [-0.4, -0.2) is 50.8 Å². The second-order valence-corrected chi connectivity index (χ2v) is 8.12. The van der Waals surface area contributed by atoms with E-state index in [4.69, 9.17) is 19.3 Å². The maximum absolute atomic E-state index is 12.3. The van der Waals surface area contributed by atoms with Crippen LogP contribution in [0.25, 0.3) is 0 Å². The lowest BCUT2D eigenvalue weighted by Crippen LogP contribution is -2.03. The molecule has 158 valence electrons. The van der Waals surface area contributed by atoms with Gasteiger partial charge in [0.05, 0.1) is 19.9 Å². The van der Waals surface area contributed by atoms with Gasteiger partial charge in [-0.1, -0.05) is 0 Å². The van der Waals surface area contributed by atoms with Crippen LogP contribution in [0.5, 0.6) is 28.7 Å². The molecule has 0 bridgehead atoms. The second-order valence-electron chi connectivity index (χ2n) is 6.34. The average molecular weight is 426 g/mol. The van der Waals surface area contributed by atoms with E-state index < -0.39 is 7.60 Å². The van der Waals surface area contributed by atoms with Crippen molar-refractivity contribution in [1.82, 2.24) is 0 Å². The Morgan fingerprint density at radius 3 is 2.24 bits per heavy atom. The average Bonchev–Trinajstić information content (AvgIpc) is 2.63. The molecule has 0 atom stereocenters. The highest BCUT2D eigenvalue weighted by atomic mass is 31.2. The van der Waals surface area contributed by atoms with E-state index in [-0.39, 0.29) is 77.7 Å². The minimum atomic E-state index is -4.10. The minimum Gasteiger partial charge on any atom is -0.507 e. The number of hydrogen-bond donors (Lipinski definition) is 5. The number of carbonyl (C=O) groups excluding carboxylic acids is 1. The highest BCUT2D eigenvalue weighted by Gasteiger charge is 2.16. The smallest absolute Gasteiger partial charge is 0.325 e. The number of phenolic OH excluding ortho intramolecular Hbond substituents is 3. The molecule has 0 aliphatic rings. The number of aromatic hydroxyl groups is 3. The zero-order valence-electron chi connectivity index (χ0n) is 15.7. The van der Waals surface area contributed by atoms with Crippen LogP contribution in [0.15, 0.2) is 30.3 Å². The molecule has 9 nitrogen and oxygen atoms in total. The van der Waals surface area contributed by atoms with Gasteiger partial charge in [0.25, 0.3) is 0 Å². The van der Waals surface area contributed by atoms with Crippen LogP contribution < -0.4 is 9.47 Å². The van der Waals surface area contributed by atoms with E-state index in [1.807, 2.05) is 0 Å². The number of carbonyl (C=O) groups is 1. The fraction of sp³-hybridized carbons (Fsp3) is 0.316. The summed E-state index contributed by atoms with van der Waals surface area (Å²) in [6.07, 6.45) is -0.181. The molecule has 0 fully saturated rings. The van der Waals surface area contributed by atoms with Crippen LogP contribution in [0.3, 0.4) is 0 Å². The summed E-state index contributed by atoms with van der Waals surface area (Å²) >= 11 is 0. The molecule has 0 amide bonds. The summed E-state index contributed by atoms with van der Waals surface area (Å²) in [4.78, 5) is 29.9. The molecule has 29 heavy (non-hydrogen) atoms. The summed E-state index contributed by atoms with van der Waals surface area (Å²) in [6.45, 7) is 0.00276. The normalized spacial score (nSPS) is 11.3. The molecule has 2 rings (SSSR count). The zero-order chi connectivity index (χ0) is 21.6. The fourth-order valence-corrected chi connectivity index (χ4v) is 3.20. The van der Waals surface area contributed by atoms with E-state index in [1.54, 1.807) is 0 Å². The first kappa shape index (κ1) is 22.5. The van der Waals surface area contributed by atoms with E-state index in [9.17, 15) is 24.7 Å². The lowest BCUT2D eigenvalue weighted by atomic mass is 10.0. The quantitative estimate of drug-likeness (QED) is 0.219. The van der Waals surface area contributed by atoms with E-state index in [1.165, 1.54) is 37.4 Å². The van der Waals surface area contributed by atoms with E-state index in [0.717, 1.165) is 0 Å². The van der Waals surface area contributed by atoms with Crippen LogP contribution in [0.2, 0.25) is 0 Å². The van der Waals surface area contributed by atoms with Gasteiger partial charge >= 0.3 is 7.60 Å². The Morgan fingerprint density at radius 2 is 1.69 bits per heavy atom. The third-order valence-corrected chi connectivity index (χ3v) is 5.04. The molecule has 0 aliphatic heterocycles. The highest BCUT2D eigenvalue weighted by molar-refractivity contribution is 7.51. The number of hydrogen-bond acceptors (Lipinski definition) is 7. The zero-order valence-corrected chi connectivity index (χ0v) is 16.6. The summed E-state index contributed by atoms with van der Waals surface area (Å²) in [7, 11) is -2.70. The van der Waals surface area contributed by atoms with Crippen LogP contribution in [0.4, 0.5) is 0 Å². The summed E-state index contributed by atoms with van der Waals surface area (Å²) in [5, 5.41) is 30.0. The number of methoxy groups -OCH3 is 1. The standard InChI is InChI=1S/C19H23O9P/c1-27-19-6-3-12(9-18(19)23)15(20)5-4-14-16(21)10-13(11-17(14)22)28-7-2-8-29(24,25)26/h3,6,9-11,21-23H,2,4-5,7-8H2,1H3,(H2,24,25,26). The van der Waals surface area contributed by atoms with Crippen LogP contribution in [0, 0.1) is 0 Å². The van der Waals surface area contributed by atoms with Gasteiger partial charge in [0.2, 0.25) is 0 Å². The van der Waals surface area contributed by atoms with Gasteiger partial charge in [-0.05, 0) is 31.0 Å². The first-order chi connectivity index (χ1) is 13.6. The van der Waals surface area contributed by atoms with Crippen molar-refractivity contribution in [2.24, 2.45) is 0 Å². The third-order valence-electron chi connectivity index (χ3n) is 4.14. The van der Waals surface area contributed by atoms with Crippen molar-refractivity contribution in [1.29, 1.82) is 0 Å². The SMILES string of the molecule is COc1ccc(C(=O)CCc2c(O)cc(OCCCP(=O)(O)O)cc2O)cc1O. The molecular formula is C19H23O9P. The highest BCUT2D eigenvalue weighted by Crippen LogP contribution is 2.36. The number of rotatable bonds is 10. The molecule has 0 radical (unpaired) electrons. The van der Waals surface area contributed by atoms with Gasteiger partial charge in [0.15, 0.2) is 17.3 Å². The topological polar surface area (TPSA) is 154 Å². The number of ketones is 1.